The van der Waals surface area contributed by atoms with E-state index in [2.05, 4.69) is 4.98 Å². The molecule has 0 bridgehead atoms. The zero-order valence-electron chi connectivity index (χ0n) is 9.55. The first-order chi connectivity index (χ1) is 9.04. The molecule has 2 nitrogen and oxygen atoms in total. The van der Waals surface area contributed by atoms with Crippen molar-refractivity contribution >= 4 is 45.7 Å². The van der Waals surface area contributed by atoms with Crippen molar-refractivity contribution < 1.29 is 5.11 Å². The topological polar surface area (TPSA) is 36.0 Å². The lowest BCUT2D eigenvalue weighted by atomic mass is 10.1. The first-order valence-corrected chi connectivity index (χ1v) is 6.64. The molecule has 0 radical (unpaired) electrons. The molecule has 0 spiro atoms. The summed E-state index contributed by atoms with van der Waals surface area (Å²) in [7, 11) is 0. The number of phenols is 1. The molecule has 0 saturated carbocycles. The zero-order valence-corrected chi connectivity index (χ0v) is 11.8. The molecule has 2 aromatic carbocycles. The van der Waals surface area contributed by atoms with Crippen molar-refractivity contribution in [3.8, 4) is 17.0 Å². The lowest BCUT2D eigenvalue weighted by Gasteiger charge is -2.05. The van der Waals surface area contributed by atoms with Gasteiger partial charge in [0, 0.05) is 26.5 Å². The van der Waals surface area contributed by atoms with E-state index in [0.29, 0.717) is 15.6 Å². The van der Waals surface area contributed by atoms with Crippen LogP contribution in [0.3, 0.4) is 0 Å². The predicted molar refractivity (Wildman–Crippen MR) is 80.4 cm³/mol. The maximum atomic E-state index is 10.0. The Bertz CT molecular complexity index is 780. The highest BCUT2D eigenvalue weighted by Crippen LogP contribution is 2.38. The van der Waals surface area contributed by atoms with Gasteiger partial charge in [0.05, 0.1) is 10.7 Å². The Balaban J connectivity index is 2.24. The predicted octanol–water partition coefficient (Wildman–Crippen LogP) is 5.50. The molecule has 0 aliphatic heterocycles. The molecule has 19 heavy (non-hydrogen) atoms. The Morgan fingerprint density at radius 3 is 2.47 bits per heavy atom. The summed E-state index contributed by atoms with van der Waals surface area (Å²) in [6, 6.07) is 10.6. The van der Waals surface area contributed by atoms with Crippen molar-refractivity contribution in [2.45, 2.75) is 0 Å². The van der Waals surface area contributed by atoms with E-state index >= 15 is 0 Å². The Labute approximate surface area is 124 Å². The van der Waals surface area contributed by atoms with Crippen LogP contribution in [0, 0.1) is 0 Å². The van der Waals surface area contributed by atoms with Crippen molar-refractivity contribution in [3.05, 3.63) is 51.5 Å². The van der Waals surface area contributed by atoms with Gasteiger partial charge >= 0.3 is 0 Å². The van der Waals surface area contributed by atoms with Crippen molar-refractivity contribution in [1.82, 2.24) is 4.98 Å². The molecule has 0 amide bonds. The summed E-state index contributed by atoms with van der Waals surface area (Å²) >= 11 is 17.8. The summed E-state index contributed by atoms with van der Waals surface area (Å²) in [5, 5.41) is 12.3. The van der Waals surface area contributed by atoms with Crippen molar-refractivity contribution in [1.29, 1.82) is 0 Å². The first-order valence-electron chi connectivity index (χ1n) is 5.51. The Morgan fingerprint density at radius 2 is 1.68 bits per heavy atom. The number of fused-ring (bicyclic) bond motifs is 1. The van der Waals surface area contributed by atoms with Crippen LogP contribution in [0.25, 0.3) is 22.2 Å². The van der Waals surface area contributed by atoms with E-state index < -0.39 is 0 Å². The molecular weight excluding hydrogens is 305 g/mol. The highest BCUT2D eigenvalue weighted by molar-refractivity contribution is 6.36. The quantitative estimate of drug-likeness (QED) is 0.611. The monoisotopic (exact) mass is 311 g/mol. The Morgan fingerprint density at radius 1 is 0.895 bits per heavy atom. The number of aromatic nitrogens is 1. The first kappa shape index (κ1) is 12.7. The third kappa shape index (κ3) is 2.27. The number of hydrogen-bond donors (Lipinski definition) is 2. The number of aromatic amines is 1. The molecule has 1 heterocycles. The molecule has 0 aliphatic carbocycles. The molecule has 5 heteroatoms. The van der Waals surface area contributed by atoms with Crippen LogP contribution in [0.4, 0.5) is 0 Å². The van der Waals surface area contributed by atoms with E-state index in [9.17, 15) is 5.11 Å². The summed E-state index contributed by atoms with van der Waals surface area (Å²) in [5.41, 5.74) is 2.18. The standard InChI is InChI=1S/C14H8Cl3NO/c15-8-2-1-7-3-13(18-12(7)6-8)10-4-9(16)5-11(17)14(10)19/h1-6,18-19H. The van der Waals surface area contributed by atoms with Gasteiger partial charge in [0.1, 0.15) is 5.75 Å². The molecule has 0 saturated heterocycles. The summed E-state index contributed by atoms with van der Waals surface area (Å²) in [6.07, 6.45) is 0. The molecule has 0 aliphatic rings. The largest absolute Gasteiger partial charge is 0.506 e. The second kappa shape index (κ2) is 4.64. The van der Waals surface area contributed by atoms with E-state index in [1.807, 2.05) is 24.3 Å². The molecule has 1 aromatic heterocycles. The number of H-pyrrole nitrogens is 1. The van der Waals surface area contributed by atoms with E-state index in [4.69, 9.17) is 34.8 Å². The van der Waals surface area contributed by atoms with Gasteiger partial charge in [0.15, 0.2) is 0 Å². The van der Waals surface area contributed by atoms with Crippen LogP contribution in [-0.4, -0.2) is 10.1 Å². The van der Waals surface area contributed by atoms with Crippen molar-refractivity contribution in [2.24, 2.45) is 0 Å². The molecule has 3 aromatic rings. The Hall–Kier alpha value is -1.35. The fourth-order valence-corrected chi connectivity index (χ4v) is 2.68. The van der Waals surface area contributed by atoms with E-state index in [0.717, 1.165) is 16.6 Å². The second-order valence-electron chi connectivity index (χ2n) is 4.20. The van der Waals surface area contributed by atoms with Gasteiger partial charge in [-0.3, -0.25) is 0 Å². The van der Waals surface area contributed by atoms with Gasteiger partial charge in [-0.15, -0.1) is 0 Å². The van der Waals surface area contributed by atoms with Crippen LogP contribution in [0.1, 0.15) is 0 Å². The average Bonchev–Trinajstić information content (AvgIpc) is 2.76. The van der Waals surface area contributed by atoms with Gasteiger partial charge in [-0.1, -0.05) is 40.9 Å². The number of phenolic OH excluding ortho intramolecular Hbond substituents is 1. The van der Waals surface area contributed by atoms with Gasteiger partial charge in [0.25, 0.3) is 0 Å². The molecule has 2 N–H and O–H groups in total. The van der Waals surface area contributed by atoms with E-state index in [1.165, 1.54) is 6.07 Å². The third-order valence-electron chi connectivity index (χ3n) is 2.90. The number of aromatic hydroxyl groups is 1. The van der Waals surface area contributed by atoms with Crippen LogP contribution in [0.15, 0.2) is 36.4 Å². The van der Waals surface area contributed by atoms with Gasteiger partial charge in [-0.2, -0.15) is 0 Å². The number of hydrogen-bond acceptors (Lipinski definition) is 1. The maximum absolute atomic E-state index is 10.0. The minimum absolute atomic E-state index is 0.00344. The molecule has 3 rings (SSSR count). The minimum atomic E-state index is 0.00344. The van der Waals surface area contributed by atoms with Crippen molar-refractivity contribution in [2.75, 3.05) is 0 Å². The maximum Gasteiger partial charge on any atom is 0.143 e. The SMILES string of the molecule is Oc1c(Cl)cc(Cl)cc1-c1cc2ccc(Cl)cc2[nH]1. The van der Waals surface area contributed by atoms with Gasteiger partial charge in [-0.25, -0.2) is 0 Å². The minimum Gasteiger partial charge on any atom is -0.506 e. The summed E-state index contributed by atoms with van der Waals surface area (Å²) in [4.78, 5) is 3.19. The van der Waals surface area contributed by atoms with Crippen LogP contribution in [0.5, 0.6) is 5.75 Å². The van der Waals surface area contributed by atoms with Crippen molar-refractivity contribution in [3.63, 3.8) is 0 Å². The second-order valence-corrected chi connectivity index (χ2v) is 5.48. The van der Waals surface area contributed by atoms with Gasteiger partial charge in [-0.05, 0) is 30.3 Å². The number of benzene rings is 2. The van der Waals surface area contributed by atoms with Crippen LogP contribution >= 0.6 is 34.8 Å². The van der Waals surface area contributed by atoms with Gasteiger partial charge < -0.3 is 10.1 Å². The molecule has 96 valence electrons. The molecule has 0 atom stereocenters. The molecule has 0 fully saturated rings. The molecule has 0 unspecified atom stereocenters. The highest BCUT2D eigenvalue weighted by Gasteiger charge is 2.12. The lowest BCUT2D eigenvalue weighted by Crippen LogP contribution is -1.80. The molecular formula is C14H8Cl3NO. The zero-order chi connectivity index (χ0) is 13.6. The number of nitrogens with one attached hydrogen (secondary N) is 1. The van der Waals surface area contributed by atoms with Crippen LogP contribution in [0.2, 0.25) is 15.1 Å². The fourth-order valence-electron chi connectivity index (χ4n) is 2.02. The smallest absolute Gasteiger partial charge is 0.143 e. The number of rotatable bonds is 1. The van der Waals surface area contributed by atoms with E-state index in [1.54, 1.807) is 6.07 Å². The van der Waals surface area contributed by atoms with E-state index in [-0.39, 0.29) is 10.8 Å². The fraction of sp³-hybridized carbons (Fsp3) is 0. The number of halogens is 3. The highest BCUT2D eigenvalue weighted by atomic mass is 35.5. The lowest BCUT2D eigenvalue weighted by molar-refractivity contribution is 0.477. The van der Waals surface area contributed by atoms with Crippen LogP contribution < -0.4 is 0 Å². The Kier molecular flexibility index (Phi) is 3.09. The normalized spacial score (nSPS) is 11.1. The summed E-state index contributed by atoms with van der Waals surface area (Å²) in [6.45, 7) is 0. The average molecular weight is 313 g/mol. The van der Waals surface area contributed by atoms with Gasteiger partial charge in [0.2, 0.25) is 0 Å². The summed E-state index contributed by atoms with van der Waals surface area (Å²) in [5.74, 6) is 0.00344. The third-order valence-corrected chi connectivity index (χ3v) is 3.64. The summed E-state index contributed by atoms with van der Waals surface area (Å²) < 4.78 is 0. The van der Waals surface area contributed by atoms with Crippen LogP contribution in [-0.2, 0) is 0 Å².